The van der Waals surface area contributed by atoms with Gasteiger partial charge in [0.05, 0.1) is 5.52 Å². The zero-order valence-electron chi connectivity index (χ0n) is 10.4. The molecule has 0 atom stereocenters. The van der Waals surface area contributed by atoms with Gasteiger partial charge in [-0.1, -0.05) is 11.6 Å². The topological polar surface area (TPSA) is 83.2 Å². The molecule has 0 unspecified atom stereocenters. The maximum absolute atomic E-state index is 11.8. The normalized spacial score (nSPS) is 11.7. The molecule has 1 aromatic carbocycles. The Morgan fingerprint density at radius 2 is 2.20 bits per heavy atom. The number of aliphatic hydroxyl groups excluding tert-OH is 1. The second-order valence-corrected chi connectivity index (χ2v) is 4.37. The Morgan fingerprint density at radius 3 is 2.85 bits per heavy atom. The van der Waals surface area contributed by atoms with Crippen molar-refractivity contribution in [3.8, 4) is 11.8 Å². The van der Waals surface area contributed by atoms with Crippen LogP contribution in [0.25, 0.3) is 10.9 Å². The fourth-order valence-corrected chi connectivity index (χ4v) is 1.78. The van der Waals surface area contributed by atoms with Crippen molar-refractivity contribution < 1.29 is 14.6 Å². The van der Waals surface area contributed by atoms with Gasteiger partial charge >= 0.3 is 5.97 Å². The van der Waals surface area contributed by atoms with Gasteiger partial charge in [-0.05, 0) is 31.2 Å². The summed E-state index contributed by atoms with van der Waals surface area (Å²) < 4.78 is 5.12. The smallest absolute Gasteiger partial charge is 0.357 e. The molecule has 0 aliphatic carbocycles. The monoisotopic (exact) mass is 288 g/mol. The number of rotatable bonds is 2. The number of nitriles is 1. The van der Waals surface area contributed by atoms with Gasteiger partial charge in [0, 0.05) is 16.6 Å². The Morgan fingerprint density at radius 1 is 1.45 bits per heavy atom. The van der Waals surface area contributed by atoms with Crippen LogP contribution in [0.4, 0.5) is 0 Å². The van der Waals surface area contributed by atoms with E-state index in [2.05, 4.69) is 4.98 Å². The van der Waals surface area contributed by atoms with Crippen LogP contribution in [0.5, 0.6) is 5.75 Å². The number of allylic oxidation sites excluding steroid dienone is 1. The van der Waals surface area contributed by atoms with Gasteiger partial charge in [-0.3, -0.25) is 4.98 Å². The third-order valence-corrected chi connectivity index (χ3v) is 2.78. The summed E-state index contributed by atoms with van der Waals surface area (Å²) in [5, 5.41) is 19.1. The summed E-state index contributed by atoms with van der Waals surface area (Å²) >= 11 is 5.86. The number of carbonyl (C=O) groups is 1. The van der Waals surface area contributed by atoms with E-state index in [1.54, 1.807) is 24.3 Å². The van der Waals surface area contributed by atoms with Crippen LogP contribution in [0.1, 0.15) is 6.92 Å². The maximum Gasteiger partial charge on any atom is 0.357 e. The van der Waals surface area contributed by atoms with Gasteiger partial charge < -0.3 is 9.84 Å². The lowest BCUT2D eigenvalue weighted by molar-refractivity contribution is -0.129. The van der Waals surface area contributed by atoms with Crippen molar-refractivity contribution in [3.05, 3.63) is 46.8 Å². The summed E-state index contributed by atoms with van der Waals surface area (Å²) in [7, 11) is 0. The van der Waals surface area contributed by atoms with E-state index in [0.717, 1.165) is 0 Å². The molecule has 0 amide bonds. The standard InChI is InChI=1S/C14H9ClN2O3/c1-8(18)11(7-16)14(19)20-13-4-5-17-12-6-9(15)2-3-10(12)13/h2-6,18H,1H3. The lowest BCUT2D eigenvalue weighted by Crippen LogP contribution is -2.12. The number of halogens is 1. The molecule has 0 radical (unpaired) electrons. The van der Waals surface area contributed by atoms with E-state index in [4.69, 9.17) is 21.6 Å². The van der Waals surface area contributed by atoms with Gasteiger partial charge in [0.25, 0.3) is 0 Å². The van der Waals surface area contributed by atoms with Crippen LogP contribution in [0, 0.1) is 11.3 Å². The van der Waals surface area contributed by atoms with E-state index >= 15 is 0 Å². The van der Waals surface area contributed by atoms with Crippen LogP contribution in [-0.2, 0) is 4.79 Å². The van der Waals surface area contributed by atoms with Crippen LogP contribution < -0.4 is 4.74 Å². The van der Waals surface area contributed by atoms with Crippen molar-refractivity contribution >= 4 is 28.5 Å². The molecule has 0 spiro atoms. The highest BCUT2D eigenvalue weighted by Crippen LogP contribution is 2.26. The summed E-state index contributed by atoms with van der Waals surface area (Å²) in [6.07, 6.45) is 1.46. The minimum absolute atomic E-state index is 0.241. The van der Waals surface area contributed by atoms with E-state index in [9.17, 15) is 9.90 Å². The average molecular weight is 289 g/mol. The molecule has 1 heterocycles. The lowest BCUT2D eigenvalue weighted by atomic mass is 10.2. The highest BCUT2D eigenvalue weighted by molar-refractivity contribution is 6.31. The Bertz CT molecular complexity index is 759. The zero-order valence-corrected chi connectivity index (χ0v) is 11.2. The van der Waals surface area contributed by atoms with Crippen LogP contribution in [0.2, 0.25) is 5.02 Å². The molecule has 0 aliphatic rings. The van der Waals surface area contributed by atoms with E-state index in [1.165, 1.54) is 19.2 Å². The van der Waals surface area contributed by atoms with Crippen LogP contribution >= 0.6 is 11.6 Å². The average Bonchev–Trinajstić information content (AvgIpc) is 2.38. The van der Waals surface area contributed by atoms with Crippen LogP contribution in [-0.4, -0.2) is 16.1 Å². The van der Waals surface area contributed by atoms with Gasteiger partial charge in [0.1, 0.15) is 17.6 Å². The number of pyridine rings is 1. The fraction of sp³-hybridized carbons (Fsp3) is 0.0714. The van der Waals surface area contributed by atoms with Gasteiger partial charge in [0.2, 0.25) is 0 Å². The summed E-state index contributed by atoms with van der Waals surface area (Å²) in [4.78, 5) is 15.9. The van der Waals surface area contributed by atoms with E-state index in [-0.39, 0.29) is 11.5 Å². The van der Waals surface area contributed by atoms with Crippen molar-refractivity contribution in [2.45, 2.75) is 6.92 Å². The van der Waals surface area contributed by atoms with Crippen molar-refractivity contribution in [2.24, 2.45) is 0 Å². The first-order valence-electron chi connectivity index (χ1n) is 5.59. The Hall–Kier alpha value is -2.58. The number of hydrogen-bond donors (Lipinski definition) is 1. The predicted molar refractivity (Wildman–Crippen MR) is 73.3 cm³/mol. The largest absolute Gasteiger partial charge is 0.511 e. The molecule has 0 saturated heterocycles. The molecule has 6 heteroatoms. The SMILES string of the molecule is CC(O)=C(C#N)C(=O)Oc1ccnc2cc(Cl)ccc12. The second kappa shape index (κ2) is 5.59. The molecule has 5 nitrogen and oxygen atoms in total. The molecule has 2 rings (SSSR count). The summed E-state index contributed by atoms with van der Waals surface area (Å²) in [5.74, 6) is -1.07. The number of nitrogens with zero attached hydrogens (tertiary/aromatic N) is 2. The van der Waals surface area contributed by atoms with Crippen molar-refractivity contribution in [1.29, 1.82) is 5.26 Å². The number of aromatic nitrogens is 1. The van der Waals surface area contributed by atoms with Gasteiger partial charge in [0.15, 0.2) is 5.57 Å². The third-order valence-electron chi connectivity index (χ3n) is 2.55. The van der Waals surface area contributed by atoms with Crippen LogP contribution in [0.15, 0.2) is 41.8 Å². The number of esters is 1. The van der Waals surface area contributed by atoms with Gasteiger partial charge in [-0.15, -0.1) is 0 Å². The number of aliphatic hydroxyl groups is 1. The Balaban J connectivity index is 2.43. The summed E-state index contributed by atoms with van der Waals surface area (Å²) in [5.41, 5.74) is 0.120. The minimum atomic E-state index is -0.921. The molecule has 1 aromatic heterocycles. The second-order valence-electron chi connectivity index (χ2n) is 3.93. The first kappa shape index (κ1) is 13.8. The van der Waals surface area contributed by atoms with Crippen LogP contribution in [0.3, 0.4) is 0 Å². The van der Waals surface area contributed by atoms with Gasteiger partial charge in [-0.25, -0.2) is 4.79 Å². The Kier molecular flexibility index (Phi) is 3.87. The molecule has 0 aliphatic heterocycles. The third kappa shape index (κ3) is 2.71. The van der Waals surface area contributed by atoms with Crippen molar-refractivity contribution in [2.75, 3.05) is 0 Å². The highest BCUT2D eigenvalue weighted by atomic mass is 35.5. The highest BCUT2D eigenvalue weighted by Gasteiger charge is 2.16. The quantitative estimate of drug-likeness (QED) is 0.397. The first-order chi connectivity index (χ1) is 9.52. The summed E-state index contributed by atoms with van der Waals surface area (Å²) in [6.45, 7) is 1.24. The number of hydrogen-bond acceptors (Lipinski definition) is 5. The summed E-state index contributed by atoms with van der Waals surface area (Å²) in [6, 6.07) is 8.03. The number of carbonyl (C=O) groups excluding carboxylic acids is 1. The molecule has 100 valence electrons. The van der Waals surface area contributed by atoms with Gasteiger partial charge in [-0.2, -0.15) is 5.26 Å². The molecule has 0 bridgehead atoms. The molecule has 1 N–H and O–H groups in total. The first-order valence-corrected chi connectivity index (χ1v) is 5.97. The molecule has 20 heavy (non-hydrogen) atoms. The maximum atomic E-state index is 11.8. The number of benzene rings is 1. The number of ether oxygens (including phenoxy) is 1. The Labute approximate surface area is 119 Å². The molecule has 2 aromatic rings. The predicted octanol–water partition coefficient (Wildman–Crippen LogP) is 3.15. The van der Waals surface area contributed by atoms with Crippen molar-refractivity contribution in [1.82, 2.24) is 4.98 Å². The van der Waals surface area contributed by atoms with E-state index in [1.807, 2.05) is 0 Å². The van der Waals surface area contributed by atoms with E-state index < -0.39 is 11.5 Å². The molecular weight excluding hydrogens is 280 g/mol. The minimum Gasteiger partial charge on any atom is -0.511 e. The fourth-order valence-electron chi connectivity index (χ4n) is 1.61. The molecule has 0 fully saturated rings. The molecule has 0 saturated carbocycles. The van der Waals surface area contributed by atoms with Crippen molar-refractivity contribution in [3.63, 3.8) is 0 Å². The molecular formula is C14H9ClN2O3. The number of fused-ring (bicyclic) bond motifs is 1. The zero-order chi connectivity index (χ0) is 14.7. The lowest BCUT2D eigenvalue weighted by Gasteiger charge is -2.07. The van der Waals surface area contributed by atoms with E-state index in [0.29, 0.717) is 15.9 Å².